The van der Waals surface area contributed by atoms with Gasteiger partial charge in [0.15, 0.2) is 5.82 Å². The molecule has 0 saturated carbocycles. The van der Waals surface area contributed by atoms with Crippen molar-refractivity contribution in [3.8, 4) is 28.3 Å². The van der Waals surface area contributed by atoms with Gasteiger partial charge in [0.1, 0.15) is 11.6 Å². The molecule has 3 rings (SSSR count). The molecule has 0 spiro atoms. The first-order valence-electron chi connectivity index (χ1n) is 7.51. The molecule has 0 atom stereocenters. The van der Waals surface area contributed by atoms with E-state index in [4.69, 9.17) is 5.73 Å². The Morgan fingerprint density at radius 1 is 1.11 bits per heavy atom. The van der Waals surface area contributed by atoms with Crippen molar-refractivity contribution in [2.45, 2.75) is 6.36 Å². The van der Waals surface area contributed by atoms with Gasteiger partial charge in [0.05, 0.1) is 0 Å². The van der Waals surface area contributed by atoms with E-state index < -0.39 is 23.8 Å². The number of amides is 1. The molecular formula is C17H12F4N4O2. The minimum absolute atomic E-state index is 0.0653. The molecule has 1 amide bonds. The number of hydrogen-bond donors (Lipinski definition) is 1. The minimum atomic E-state index is -4.81. The largest absolute Gasteiger partial charge is 0.573 e. The zero-order chi connectivity index (χ0) is 19.8. The Kier molecular flexibility index (Phi) is 4.56. The van der Waals surface area contributed by atoms with E-state index in [0.29, 0.717) is 11.1 Å². The van der Waals surface area contributed by atoms with Gasteiger partial charge in [-0.25, -0.2) is 14.1 Å². The SMILES string of the molecule is Cn1nc(-c2ccc(F)c(-c3ccc(OC(F)(F)F)cc3)c2)nc1C(N)=O. The van der Waals surface area contributed by atoms with Crippen LogP contribution in [0.15, 0.2) is 42.5 Å². The van der Waals surface area contributed by atoms with E-state index in [-0.39, 0.29) is 17.2 Å². The predicted octanol–water partition coefficient (Wildman–Crippen LogP) is 3.29. The Hall–Kier alpha value is -3.43. The lowest BCUT2D eigenvalue weighted by atomic mass is 10.0. The third-order valence-electron chi connectivity index (χ3n) is 3.61. The van der Waals surface area contributed by atoms with Crippen molar-refractivity contribution in [2.24, 2.45) is 12.8 Å². The fourth-order valence-corrected chi connectivity index (χ4v) is 2.44. The number of carbonyl (C=O) groups is 1. The molecule has 0 saturated heterocycles. The fraction of sp³-hybridized carbons (Fsp3) is 0.118. The molecule has 0 unspecified atom stereocenters. The van der Waals surface area contributed by atoms with Crippen LogP contribution in [0.4, 0.5) is 17.6 Å². The summed E-state index contributed by atoms with van der Waals surface area (Å²) in [7, 11) is 1.49. The summed E-state index contributed by atoms with van der Waals surface area (Å²) in [5, 5.41) is 4.06. The number of rotatable bonds is 4. The van der Waals surface area contributed by atoms with Gasteiger partial charge in [0, 0.05) is 18.2 Å². The molecule has 0 aliphatic heterocycles. The van der Waals surface area contributed by atoms with Crippen LogP contribution in [0.3, 0.4) is 0 Å². The lowest BCUT2D eigenvalue weighted by Crippen LogP contribution is -2.16. The van der Waals surface area contributed by atoms with E-state index in [0.717, 1.165) is 12.1 Å². The van der Waals surface area contributed by atoms with E-state index in [2.05, 4.69) is 14.8 Å². The van der Waals surface area contributed by atoms with Crippen LogP contribution in [-0.2, 0) is 7.05 Å². The molecule has 6 nitrogen and oxygen atoms in total. The molecule has 1 aromatic heterocycles. The van der Waals surface area contributed by atoms with Gasteiger partial charge in [0.25, 0.3) is 5.91 Å². The van der Waals surface area contributed by atoms with Crippen LogP contribution in [0.5, 0.6) is 5.75 Å². The smallest absolute Gasteiger partial charge is 0.406 e. The van der Waals surface area contributed by atoms with Crippen molar-refractivity contribution in [2.75, 3.05) is 0 Å². The Labute approximate surface area is 150 Å². The number of carbonyl (C=O) groups excluding carboxylic acids is 1. The first kappa shape index (κ1) is 18.4. The summed E-state index contributed by atoms with van der Waals surface area (Å²) in [5.74, 6) is -1.68. The number of benzene rings is 2. The molecule has 0 fully saturated rings. The van der Waals surface area contributed by atoms with Crippen molar-refractivity contribution in [1.29, 1.82) is 0 Å². The molecule has 2 aromatic carbocycles. The highest BCUT2D eigenvalue weighted by molar-refractivity contribution is 5.89. The summed E-state index contributed by atoms with van der Waals surface area (Å²) in [4.78, 5) is 15.3. The zero-order valence-corrected chi connectivity index (χ0v) is 13.8. The summed E-state index contributed by atoms with van der Waals surface area (Å²) in [6.45, 7) is 0. The van der Waals surface area contributed by atoms with E-state index in [1.807, 2.05) is 0 Å². The number of halogens is 4. The van der Waals surface area contributed by atoms with Crippen LogP contribution in [0, 0.1) is 5.82 Å². The maximum atomic E-state index is 14.2. The van der Waals surface area contributed by atoms with Gasteiger partial charge in [-0.15, -0.1) is 13.2 Å². The number of ether oxygens (including phenoxy) is 1. The lowest BCUT2D eigenvalue weighted by molar-refractivity contribution is -0.274. The molecular weight excluding hydrogens is 368 g/mol. The third-order valence-corrected chi connectivity index (χ3v) is 3.61. The molecule has 1 heterocycles. The minimum Gasteiger partial charge on any atom is -0.406 e. The maximum absolute atomic E-state index is 14.2. The van der Waals surface area contributed by atoms with Crippen LogP contribution >= 0.6 is 0 Å². The molecule has 2 N–H and O–H groups in total. The summed E-state index contributed by atoms with van der Waals surface area (Å²) in [5.41, 5.74) is 6.06. The lowest BCUT2D eigenvalue weighted by Gasteiger charge is -2.10. The second kappa shape index (κ2) is 6.71. The van der Waals surface area contributed by atoms with Crippen molar-refractivity contribution in [3.63, 3.8) is 0 Å². The maximum Gasteiger partial charge on any atom is 0.573 e. The molecule has 10 heteroatoms. The number of nitrogens with two attached hydrogens (primary N) is 1. The highest BCUT2D eigenvalue weighted by Gasteiger charge is 2.31. The monoisotopic (exact) mass is 380 g/mol. The molecule has 0 bridgehead atoms. The van der Waals surface area contributed by atoms with Gasteiger partial charge in [-0.1, -0.05) is 12.1 Å². The molecule has 0 aliphatic carbocycles. The highest BCUT2D eigenvalue weighted by atomic mass is 19.4. The van der Waals surface area contributed by atoms with Crippen molar-refractivity contribution in [3.05, 3.63) is 54.1 Å². The van der Waals surface area contributed by atoms with Crippen LogP contribution in [0.2, 0.25) is 0 Å². The van der Waals surface area contributed by atoms with Gasteiger partial charge in [-0.2, -0.15) is 5.10 Å². The zero-order valence-electron chi connectivity index (χ0n) is 13.8. The van der Waals surface area contributed by atoms with Crippen LogP contribution < -0.4 is 10.5 Å². The average molecular weight is 380 g/mol. The van der Waals surface area contributed by atoms with Crippen LogP contribution in [0.25, 0.3) is 22.5 Å². The number of hydrogen-bond acceptors (Lipinski definition) is 4. The number of nitrogens with zero attached hydrogens (tertiary/aromatic N) is 3. The van der Waals surface area contributed by atoms with Gasteiger partial charge >= 0.3 is 6.36 Å². The van der Waals surface area contributed by atoms with E-state index >= 15 is 0 Å². The number of primary amides is 1. The van der Waals surface area contributed by atoms with Gasteiger partial charge in [-0.3, -0.25) is 4.79 Å². The summed E-state index contributed by atoms with van der Waals surface area (Å²) in [6, 6.07) is 8.77. The fourth-order valence-electron chi connectivity index (χ4n) is 2.44. The molecule has 27 heavy (non-hydrogen) atoms. The van der Waals surface area contributed by atoms with Gasteiger partial charge < -0.3 is 10.5 Å². The molecule has 0 aliphatic rings. The third kappa shape index (κ3) is 4.05. The normalized spacial score (nSPS) is 11.4. The molecule has 0 radical (unpaired) electrons. The summed E-state index contributed by atoms with van der Waals surface area (Å²) >= 11 is 0. The highest BCUT2D eigenvalue weighted by Crippen LogP contribution is 2.30. The van der Waals surface area contributed by atoms with Crippen LogP contribution in [0.1, 0.15) is 10.6 Å². The molecule has 140 valence electrons. The van der Waals surface area contributed by atoms with E-state index in [1.165, 1.54) is 42.1 Å². The first-order chi connectivity index (χ1) is 12.6. The van der Waals surface area contributed by atoms with Crippen molar-refractivity contribution >= 4 is 5.91 Å². The average Bonchev–Trinajstić information content (AvgIpc) is 2.97. The predicted molar refractivity (Wildman–Crippen MR) is 87.0 cm³/mol. The first-order valence-corrected chi connectivity index (χ1v) is 7.51. The van der Waals surface area contributed by atoms with Gasteiger partial charge in [-0.05, 0) is 35.9 Å². The quantitative estimate of drug-likeness (QED) is 0.704. The van der Waals surface area contributed by atoms with Gasteiger partial charge in [0.2, 0.25) is 5.82 Å². The van der Waals surface area contributed by atoms with Crippen molar-refractivity contribution < 1.29 is 27.1 Å². The number of alkyl halides is 3. The Bertz CT molecular complexity index is 997. The Balaban J connectivity index is 1.96. The van der Waals surface area contributed by atoms with E-state index in [9.17, 15) is 22.4 Å². The number of aryl methyl sites for hydroxylation is 1. The number of aromatic nitrogens is 3. The summed E-state index contributed by atoms with van der Waals surface area (Å²) < 4.78 is 55.9. The Morgan fingerprint density at radius 3 is 2.30 bits per heavy atom. The van der Waals surface area contributed by atoms with Crippen molar-refractivity contribution in [1.82, 2.24) is 14.8 Å². The van der Waals surface area contributed by atoms with Crippen LogP contribution in [-0.4, -0.2) is 27.0 Å². The van der Waals surface area contributed by atoms with E-state index in [1.54, 1.807) is 0 Å². The topological polar surface area (TPSA) is 83.0 Å². The second-order valence-electron chi connectivity index (χ2n) is 5.51. The second-order valence-corrected chi connectivity index (χ2v) is 5.51. The summed E-state index contributed by atoms with van der Waals surface area (Å²) in [6.07, 6.45) is -4.81. The Morgan fingerprint density at radius 2 is 1.74 bits per heavy atom. The standard InChI is InChI=1S/C17H12F4N4O2/c1-25-16(14(22)26)23-15(24-25)10-4-7-13(18)12(8-10)9-2-5-11(6-3-9)27-17(19,20)21/h2-8H,1H3,(H2,22,26). The molecule has 3 aromatic rings.